The summed E-state index contributed by atoms with van der Waals surface area (Å²) in [6.45, 7) is 2.26. The smallest absolute Gasteiger partial charge is 0.232 e. The van der Waals surface area contributed by atoms with Crippen LogP contribution in [0.25, 0.3) is 21.8 Å². The summed E-state index contributed by atoms with van der Waals surface area (Å²) in [5.41, 5.74) is 6.84. The van der Waals surface area contributed by atoms with Crippen LogP contribution in [0.1, 0.15) is 32.6 Å². The Morgan fingerprint density at radius 3 is 1.84 bits per heavy atom. The molecule has 1 heterocycles. The molecule has 0 saturated carbocycles. The average Bonchev–Trinajstić information content (AvgIpc) is 3.59. The highest BCUT2D eigenvalue weighted by atomic mass is 32.2. The number of anilines is 1. The molecule has 8 aromatic rings. The molecule has 0 fully saturated rings. The van der Waals surface area contributed by atoms with E-state index in [1.165, 1.54) is 9.87 Å². The fourth-order valence-corrected chi connectivity index (χ4v) is 8.22. The Bertz CT molecular complexity index is 2830. The van der Waals surface area contributed by atoms with Crippen LogP contribution in [0.15, 0.2) is 176 Å². The first-order valence-electron chi connectivity index (χ1n) is 20.2. The molecule has 7 aromatic carbocycles. The van der Waals surface area contributed by atoms with Crippen LogP contribution in [0, 0.1) is 0 Å². The lowest BCUT2D eigenvalue weighted by molar-refractivity contribution is 0.0990. The minimum atomic E-state index is -3.77. The van der Waals surface area contributed by atoms with Crippen molar-refractivity contribution < 1.29 is 27.4 Å². The number of nitrogens with zero attached hydrogens (tertiary/aromatic N) is 2. The Morgan fingerprint density at radius 2 is 1.18 bits per heavy atom. The molecule has 0 aliphatic heterocycles. The molecule has 0 amide bonds. The van der Waals surface area contributed by atoms with Crippen LogP contribution < -0.4 is 23.8 Å². The maximum atomic E-state index is 13.6. The first kappa shape index (κ1) is 40.9. The molecule has 0 aliphatic rings. The molecule has 308 valence electrons. The first-order valence-corrected chi connectivity index (χ1v) is 22.1. The number of Topliss-reactive ketones (excluding diaryl/α,β-unsaturated/α-hetero) is 1. The van der Waals surface area contributed by atoms with Crippen molar-refractivity contribution in [3.63, 3.8) is 0 Å². The van der Waals surface area contributed by atoms with Crippen molar-refractivity contribution in [2.24, 2.45) is 0 Å². The number of benzene rings is 7. The van der Waals surface area contributed by atoms with Crippen molar-refractivity contribution in [1.29, 1.82) is 0 Å². The summed E-state index contributed by atoms with van der Waals surface area (Å²) < 4.78 is 48.7. The normalized spacial score (nSPS) is 11.4. The average molecular weight is 830 g/mol. The third-order valence-corrected chi connectivity index (χ3v) is 11.6. The van der Waals surface area contributed by atoms with E-state index in [9.17, 15) is 13.2 Å². The van der Waals surface area contributed by atoms with Crippen LogP contribution in [0.4, 0.5) is 5.69 Å². The fourth-order valence-electron chi connectivity index (χ4n) is 7.33. The molecule has 0 atom stereocenters. The standard InChI is InChI=1S/C51H47N3O6S/c1-61(56,57)54(35-39-16-8-3-9-17-39)49-30-42(22-27-51(49)60-37-41-20-12-5-13-21-41)50(55)33-52-28-29-58-44-23-25-45-46-31-43(59-36-40-18-10-4-11-19-40)24-26-47(46)53(48(45)32-44)34-38-14-6-2-7-15-38/h2-27,30-32,52H,28-29,33-37H2,1H3. The fraction of sp³-hybridized carbons (Fsp3) is 0.157. The second-order valence-electron chi connectivity index (χ2n) is 14.9. The van der Waals surface area contributed by atoms with Crippen molar-refractivity contribution in [2.45, 2.75) is 26.3 Å². The van der Waals surface area contributed by atoms with Gasteiger partial charge in [-0.15, -0.1) is 0 Å². The monoisotopic (exact) mass is 829 g/mol. The molecule has 10 heteroatoms. The van der Waals surface area contributed by atoms with E-state index in [-0.39, 0.29) is 25.5 Å². The molecule has 0 radical (unpaired) electrons. The van der Waals surface area contributed by atoms with Crippen LogP contribution in [-0.4, -0.2) is 44.7 Å². The summed E-state index contributed by atoms with van der Waals surface area (Å²) in [4.78, 5) is 13.6. The van der Waals surface area contributed by atoms with E-state index < -0.39 is 10.0 Å². The molecule has 0 aliphatic carbocycles. The molecule has 61 heavy (non-hydrogen) atoms. The van der Waals surface area contributed by atoms with Gasteiger partial charge in [-0.25, -0.2) is 8.42 Å². The topological polar surface area (TPSA) is 99.1 Å². The number of aromatic nitrogens is 1. The number of hydrogen-bond acceptors (Lipinski definition) is 7. The number of hydrogen-bond donors (Lipinski definition) is 1. The number of rotatable bonds is 19. The lowest BCUT2D eigenvalue weighted by Gasteiger charge is -2.25. The molecule has 0 unspecified atom stereocenters. The SMILES string of the molecule is CS(=O)(=O)N(Cc1ccccc1)c1cc(C(=O)CNCCOc2ccc3c4cc(OCc5ccccc5)ccc4n(Cc4ccccc4)c3c2)ccc1OCc1ccccc1. The highest BCUT2D eigenvalue weighted by molar-refractivity contribution is 7.92. The Balaban J connectivity index is 0.956. The van der Waals surface area contributed by atoms with E-state index in [0.717, 1.165) is 50.5 Å². The molecule has 0 spiro atoms. The molecule has 1 aromatic heterocycles. The molecular formula is C51H47N3O6S. The summed E-state index contributed by atoms with van der Waals surface area (Å²) in [5, 5.41) is 5.41. The second-order valence-corrected chi connectivity index (χ2v) is 16.8. The number of ketones is 1. The van der Waals surface area contributed by atoms with Crippen molar-refractivity contribution in [2.75, 3.05) is 30.3 Å². The van der Waals surface area contributed by atoms with E-state index >= 15 is 0 Å². The van der Waals surface area contributed by atoms with Crippen LogP contribution in [0.3, 0.4) is 0 Å². The van der Waals surface area contributed by atoms with Gasteiger partial charge >= 0.3 is 0 Å². The van der Waals surface area contributed by atoms with E-state index in [1.54, 1.807) is 18.2 Å². The van der Waals surface area contributed by atoms with Crippen molar-refractivity contribution in [3.8, 4) is 17.2 Å². The molecule has 0 bridgehead atoms. The third-order valence-electron chi connectivity index (χ3n) is 10.4. The predicted molar refractivity (Wildman–Crippen MR) is 243 cm³/mol. The number of ether oxygens (including phenoxy) is 3. The van der Waals surface area contributed by atoms with Gasteiger partial charge in [0.15, 0.2) is 5.78 Å². The van der Waals surface area contributed by atoms with Crippen LogP contribution >= 0.6 is 0 Å². The summed E-state index contributed by atoms with van der Waals surface area (Å²) in [6.07, 6.45) is 1.16. The quantitative estimate of drug-likeness (QED) is 0.0640. The Morgan fingerprint density at radius 1 is 0.590 bits per heavy atom. The largest absolute Gasteiger partial charge is 0.492 e. The Hall–Kier alpha value is -6.88. The van der Waals surface area contributed by atoms with Gasteiger partial charge in [-0.3, -0.25) is 9.10 Å². The van der Waals surface area contributed by atoms with Gasteiger partial charge in [0.1, 0.15) is 37.1 Å². The van der Waals surface area contributed by atoms with Gasteiger partial charge in [-0.1, -0.05) is 121 Å². The summed E-state index contributed by atoms with van der Waals surface area (Å²) >= 11 is 0. The van der Waals surface area contributed by atoms with Gasteiger partial charge < -0.3 is 24.1 Å². The zero-order valence-corrected chi connectivity index (χ0v) is 34.8. The number of carbonyl (C=O) groups excluding carboxylic acids is 1. The molecule has 8 rings (SSSR count). The van der Waals surface area contributed by atoms with E-state index in [4.69, 9.17) is 14.2 Å². The van der Waals surface area contributed by atoms with E-state index in [1.807, 2.05) is 97.1 Å². The van der Waals surface area contributed by atoms with Crippen molar-refractivity contribution >= 4 is 43.3 Å². The molecule has 9 nitrogen and oxygen atoms in total. The zero-order chi connectivity index (χ0) is 42.0. The van der Waals surface area contributed by atoms with Crippen molar-refractivity contribution in [3.05, 3.63) is 204 Å². The summed E-state index contributed by atoms with van der Waals surface area (Å²) in [7, 11) is -3.77. The first-order chi connectivity index (χ1) is 29.8. The minimum absolute atomic E-state index is 0.0314. The third kappa shape index (κ3) is 10.3. The van der Waals surface area contributed by atoms with Crippen molar-refractivity contribution in [1.82, 2.24) is 9.88 Å². The van der Waals surface area contributed by atoms with Gasteiger partial charge in [-0.05, 0) is 70.8 Å². The molecular weight excluding hydrogens is 783 g/mol. The van der Waals surface area contributed by atoms with Gasteiger partial charge in [0, 0.05) is 41.0 Å². The van der Waals surface area contributed by atoms with Crippen LogP contribution in [-0.2, 0) is 36.3 Å². The van der Waals surface area contributed by atoms with Crippen LogP contribution in [0.2, 0.25) is 0 Å². The van der Waals surface area contributed by atoms with E-state index in [2.05, 4.69) is 70.5 Å². The zero-order valence-electron chi connectivity index (χ0n) is 33.9. The van der Waals surface area contributed by atoms with Gasteiger partial charge in [-0.2, -0.15) is 0 Å². The Kier molecular flexibility index (Phi) is 12.7. The van der Waals surface area contributed by atoms with Crippen LogP contribution in [0.5, 0.6) is 17.2 Å². The highest BCUT2D eigenvalue weighted by Crippen LogP contribution is 2.36. The van der Waals surface area contributed by atoms with Gasteiger partial charge in [0.25, 0.3) is 0 Å². The summed E-state index contributed by atoms with van der Waals surface area (Å²) in [5.74, 6) is 1.69. The lowest BCUT2D eigenvalue weighted by atomic mass is 10.1. The number of fused-ring (bicyclic) bond motifs is 3. The number of carbonyl (C=O) groups is 1. The summed E-state index contributed by atoms with van der Waals surface area (Å²) in [6, 6.07) is 56.8. The molecule has 1 N–H and O–H groups in total. The Labute approximate surface area is 356 Å². The highest BCUT2D eigenvalue weighted by Gasteiger charge is 2.24. The predicted octanol–water partition coefficient (Wildman–Crippen LogP) is 9.82. The number of sulfonamides is 1. The van der Waals surface area contributed by atoms with E-state index in [0.29, 0.717) is 49.1 Å². The minimum Gasteiger partial charge on any atom is -0.492 e. The van der Waals surface area contributed by atoms with Gasteiger partial charge in [0.2, 0.25) is 10.0 Å². The lowest BCUT2D eigenvalue weighted by Crippen LogP contribution is -2.30. The number of nitrogens with one attached hydrogen (secondary N) is 1. The van der Waals surface area contributed by atoms with Gasteiger partial charge in [0.05, 0.1) is 30.5 Å². The molecule has 0 saturated heterocycles. The second kappa shape index (κ2) is 19.0. The maximum Gasteiger partial charge on any atom is 0.232 e. The maximum absolute atomic E-state index is 13.6.